The van der Waals surface area contributed by atoms with Crippen LogP contribution in [-0.2, 0) is 4.79 Å². The monoisotopic (exact) mass is 393 g/mol. The fraction of sp³-hybridized carbons (Fsp3) is 0.250. The summed E-state index contributed by atoms with van der Waals surface area (Å²) in [6.45, 7) is 1.58. The minimum absolute atomic E-state index is 0.00282. The molecule has 0 aliphatic carbocycles. The van der Waals surface area contributed by atoms with Crippen molar-refractivity contribution in [2.75, 3.05) is 23.3 Å². The average Bonchev–Trinajstić information content (AvgIpc) is 3.30. The Hall–Kier alpha value is -3.13. The molecule has 1 saturated heterocycles. The number of para-hydroxylation sites is 1. The van der Waals surface area contributed by atoms with Gasteiger partial charge < -0.3 is 20.2 Å². The number of hydrogen-bond acceptors (Lipinski definition) is 5. The molecule has 1 atom stereocenters. The Balaban J connectivity index is 1.32. The van der Waals surface area contributed by atoms with Gasteiger partial charge in [-0.2, -0.15) is 0 Å². The van der Waals surface area contributed by atoms with E-state index in [1.165, 1.54) is 0 Å². The van der Waals surface area contributed by atoms with Gasteiger partial charge in [0.25, 0.3) is 0 Å². The summed E-state index contributed by atoms with van der Waals surface area (Å²) >= 11 is 1.67. The fourth-order valence-electron chi connectivity index (χ4n) is 3.71. The second-order valence-electron chi connectivity index (χ2n) is 7.08. The van der Waals surface area contributed by atoms with E-state index in [0.29, 0.717) is 17.7 Å². The highest BCUT2D eigenvalue weighted by atomic mass is 32.1. The number of imidazole rings is 1. The molecular weight excluding hydrogens is 374 g/mol. The molecule has 0 radical (unpaired) electrons. The van der Waals surface area contributed by atoms with E-state index in [1.54, 1.807) is 29.5 Å². The Kier molecular flexibility index (Phi) is 4.12. The lowest BCUT2D eigenvalue weighted by Crippen LogP contribution is -2.40. The maximum absolute atomic E-state index is 12.8. The molecule has 7 nitrogen and oxygen atoms in total. The Morgan fingerprint density at radius 1 is 1.18 bits per heavy atom. The highest BCUT2D eigenvalue weighted by Crippen LogP contribution is 2.31. The van der Waals surface area contributed by atoms with Crippen LogP contribution in [0.5, 0.6) is 0 Å². The first kappa shape index (κ1) is 17.0. The molecular formula is C20H19N5O2S. The number of amides is 1. The third-order valence-electron chi connectivity index (χ3n) is 5.13. The molecule has 1 aliphatic rings. The molecule has 8 heteroatoms. The van der Waals surface area contributed by atoms with E-state index in [-0.39, 0.29) is 17.5 Å². The second kappa shape index (κ2) is 6.79. The molecule has 3 N–H and O–H groups in total. The Morgan fingerprint density at radius 3 is 2.93 bits per heavy atom. The zero-order valence-corrected chi connectivity index (χ0v) is 15.9. The number of nitrogens with zero attached hydrogens (tertiary/aromatic N) is 2. The summed E-state index contributed by atoms with van der Waals surface area (Å²) in [5.41, 5.74) is 2.84. The van der Waals surface area contributed by atoms with Crippen molar-refractivity contribution < 1.29 is 4.79 Å². The third kappa shape index (κ3) is 3.16. The number of aromatic amines is 2. The maximum Gasteiger partial charge on any atom is 0.323 e. The van der Waals surface area contributed by atoms with E-state index in [0.717, 1.165) is 40.3 Å². The molecule has 5 rings (SSSR count). The van der Waals surface area contributed by atoms with Crippen LogP contribution in [0.2, 0.25) is 0 Å². The van der Waals surface area contributed by atoms with Crippen molar-refractivity contribution in [3.63, 3.8) is 0 Å². The fourth-order valence-corrected chi connectivity index (χ4v) is 4.72. The number of aromatic nitrogens is 3. The zero-order chi connectivity index (χ0) is 19.1. The first-order chi connectivity index (χ1) is 13.7. The Labute approximate surface area is 164 Å². The van der Waals surface area contributed by atoms with E-state index in [9.17, 15) is 9.59 Å². The predicted molar refractivity (Wildman–Crippen MR) is 112 cm³/mol. The Bertz CT molecular complexity index is 1190. The van der Waals surface area contributed by atoms with Crippen LogP contribution in [0.25, 0.3) is 21.3 Å². The summed E-state index contributed by atoms with van der Waals surface area (Å²) in [5, 5.41) is 3.97. The minimum Gasteiger partial charge on any atom is -0.347 e. The molecule has 0 spiro atoms. The van der Waals surface area contributed by atoms with Gasteiger partial charge in [-0.05, 0) is 43.2 Å². The summed E-state index contributed by atoms with van der Waals surface area (Å²) < 4.78 is 1.16. The van der Waals surface area contributed by atoms with Crippen LogP contribution in [0.4, 0.5) is 10.8 Å². The van der Waals surface area contributed by atoms with Crippen LogP contribution in [0.15, 0.2) is 47.3 Å². The molecule has 0 bridgehead atoms. The van der Waals surface area contributed by atoms with Gasteiger partial charge in [-0.3, -0.25) is 4.79 Å². The van der Waals surface area contributed by atoms with Crippen molar-refractivity contribution in [1.82, 2.24) is 15.0 Å². The van der Waals surface area contributed by atoms with Gasteiger partial charge in [-0.15, -0.1) is 0 Å². The van der Waals surface area contributed by atoms with Crippen molar-refractivity contribution in [3.05, 3.63) is 52.9 Å². The molecule has 1 fully saturated rings. The highest BCUT2D eigenvalue weighted by molar-refractivity contribution is 7.22. The predicted octanol–water partition coefficient (Wildman–Crippen LogP) is 3.32. The van der Waals surface area contributed by atoms with Crippen molar-refractivity contribution in [1.29, 1.82) is 0 Å². The summed E-state index contributed by atoms with van der Waals surface area (Å²) in [6.07, 6.45) is 1.81. The lowest BCUT2D eigenvalue weighted by atomic mass is 9.97. The zero-order valence-electron chi connectivity index (χ0n) is 15.1. The number of rotatable bonds is 3. The van der Waals surface area contributed by atoms with Crippen LogP contribution < -0.4 is 15.9 Å². The van der Waals surface area contributed by atoms with Crippen molar-refractivity contribution >= 4 is 49.3 Å². The van der Waals surface area contributed by atoms with E-state index in [1.807, 2.05) is 18.2 Å². The van der Waals surface area contributed by atoms with Crippen LogP contribution >= 0.6 is 11.3 Å². The van der Waals surface area contributed by atoms with Gasteiger partial charge in [-0.1, -0.05) is 23.5 Å². The number of carbonyl (C=O) groups excluding carboxylic acids is 1. The summed E-state index contributed by atoms with van der Waals surface area (Å²) in [5.74, 6) is -0.0928. The second-order valence-corrected chi connectivity index (χ2v) is 8.09. The smallest absolute Gasteiger partial charge is 0.323 e. The number of fused-ring (bicyclic) bond motifs is 2. The number of nitrogens with one attached hydrogen (secondary N) is 3. The third-order valence-corrected chi connectivity index (χ3v) is 6.23. The molecule has 4 aromatic rings. The highest BCUT2D eigenvalue weighted by Gasteiger charge is 2.27. The van der Waals surface area contributed by atoms with Crippen LogP contribution in [0.3, 0.4) is 0 Å². The number of piperidine rings is 1. The molecule has 0 unspecified atom stereocenters. The number of benzene rings is 2. The summed E-state index contributed by atoms with van der Waals surface area (Å²) in [7, 11) is 0. The van der Waals surface area contributed by atoms with Gasteiger partial charge in [0.15, 0.2) is 5.13 Å². The van der Waals surface area contributed by atoms with Crippen molar-refractivity contribution in [2.24, 2.45) is 5.92 Å². The average molecular weight is 393 g/mol. The lowest BCUT2D eigenvalue weighted by Gasteiger charge is -2.31. The van der Waals surface area contributed by atoms with Crippen LogP contribution in [-0.4, -0.2) is 33.9 Å². The number of H-pyrrole nitrogens is 2. The topological polar surface area (TPSA) is 93.9 Å². The first-order valence-corrected chi connectivity index (χ1v) is 10.1. The van der Waals surface area contributed by atoms with E-state index < -0.39 is 0 Å². The SMILES string of the molecule is O=C(Nc1ccc2[nH]c(=O)[nH]c2c1)[C@H]1CCCN(c2nc3ccccc3s2)C1. The molecule has 2 aromatic carbocycles. The van der Waals surface area contributed by atoms with Gasteiger partial charge in [0.05, 0.1) is 27.2 Å². The van der Waals surface area contributed by atoms with Gasteiger partial charge >= 0.3 is 5.69 Å². The van der Waals surface area contributed by atoms with Crippen LogP contribution in [0, 0.1) is 5.92 Å². The Morgan fingerprint density at radius 2 is 2.04 bits per heavy atom. The summed E-state index contributed by atoms with van der Waals surface area (Å²) in [6, 6.07) is 13.5. The quantitative estimate of drug-likeness (QED) is 0.498. The van der Waals surface area contributed by atoms with Gasteiger partial charge in [0.2, 0.25) is 5.91 Å². The maximum atomic E-state index is 12.8. The van der Waals surface area contributed by atoms with E-state index in [2.05, 4.69) is 26.3 Å². The van der Waals surface area contributed by atoms with E-state index >= 15 is 0 Å². The molecule has 28 heavy (non-hydrogen) atoms. The number of hydrogen-bond donors (Lipinski definition) is 3. The first-order valence-electron chi connectivity index (χ1n) is 9.29. The molecule has 0 saturated carbocycles. The molecule has 142 valence electrons. The van der Waals surface area contributed by atoms with Gasteiger partial charge in [0.1, 0.15) is 0 Å². The number of thiazole rings is 1. The molecule has 3 heterocycles. The van der Waals surface area contributed by atoms with Crippen LogP contribution in [0.1, 0.15) is 12.8 Å². The molecule has 1 amide bonds. The number of carbonyl (C=O) groups is 1. The lowest BCUT2D eigenvalue weighted by molar-refractivity contribution is -0.120. The largest absolute Gasteiger partial charge is 0.347 e. The van der Waals surface area contributed by atoms with E-state index in [4.69, 9.17) is 4.98 Å². The summed E-state index contributed by atoms with van der Waals surface area (Å²) in [4.78, 5) is 36.6. The molecule has 2 aromatic heterocycles. The normalized spacial score (nSPS) is 17.3. The standard InChI is InChI=1S/C20H19N5O2S/c26-18(21-13-7-8-14-16(10-13)23-19(27)22-14)12-4-3-9-25(11-12)20-24-15-5-1-2-6-17(15)28-20/h1-2,5-8,10,12H,3-4,9,11H2,(H,21,26)(H2,22,23,27)/t12-/m0/s1. The van der Waals surface area contributed by atoms with Crippen molar-refractivity contribution in [2.45, 2.75) is 12.8 Å². The molecule has 1 aliphatic heterocycles. The minimum atomic E-state index is -0.253. The van der Waals surface area contributed by atoms with Gasteiger partial charge in [0, 0.05) is 18.8 Å². The van der Waals surface area contributed by atoms with Gasteiger partial charge in [-0.25, -0.2) is 9.78 Å². The number of anilines is 2. The van der Waals surface area contributed by atoms with Crippen molar-refractivity contribution in [3.8, 4) is 0 Å².